The highest BCUT2D eigenvalue weighted by Gasteiger charge is 2.15. The zero-order valence-corrected chi connectivity index (χ0v) is 6.44. The maximum atomic E-state index is 9.87. The van der Waals surface area contributed by atoms with Crippen molar-refractivity contribution in [3.8, 4) is 0 Å². The van der Waals surface area contributed by atoms with Crippen LogP contribution in [-0.2, 0) is 10.1 Å². The Bertz CT molecular complexity index is 151. The highest BCUT2D eigenvalue weighted by molar-refractivity contribution is 7.86. The third kappa shape index (κ3) is 4.65. The van der Waals surface area contributed by atoms with Gasteiger partial charge in [0, 0.05) is 0 Å². The Morgan fingerprint density at radius 1 is 1.56 bits per heavy atom. The molecule has 0 saturated heterocycles. The minimum atomic E-state index is -4.20. The summed E-state index contributed by atoms with van der Waals surface area (Å²) in [7, 11) is -4.20. The van der Waals surface area contributed by atoms with Crippen molar-refractivity contribution in [2.45, 2.75) is 18.8 Å². The first-order valence-corrected chi connectivity index (χ1v) is 3.63. The largest absolute Gasteiger partial charge is 0.375 e. The van der Waals surface area contributed by atoms with Crippen molar-refractivity contribution in [2.75, 3.05) is 0 Å². The van der Waals surface area contributed by atoms with Crippen LogP contribution in [0.2, 0.25) is 0 Å². The molecule has 0 aromatic rings. The van der Waals surface area contributed by atoms with Crippen LogP contribution in [0.1, 0.15) is 13.3 Å². The van der Waals surface area contributed by atoms with Gasteiger partial charge in [-0.1, -0.05) is 6.92 Å². The molecular formula is C3H9ClO4S. The van der Waals surface area contributed by atoms with Gasteiger partial charge < -0.3 is 5.11 Å². The van der Waals surface area contributed by atoms with Crippen molar-refractivity contribution in [1.29, 1.82) is 0 Å². The smallest absolute Gasteiger partial charge is 0.291 e. The standard InChI is InChI=1S/C3H8O4S.ClH/c1-2-3(4)8(5,6)7;/h3-4H,2H2,1H3,(H,5,6,7);1H. The van der Waals surface area contributed by atoms with Crippen molar-refractivity contribution in [2.24, 2.45) is 0 Å². The topological polar surface area (TPSA) is 74.6 Å². The van der Waals surface area contributed by atoms with Crippen LogP contribution in [0.3, 0.4) is 0 Å². The lowest BCUT2D eigenvalue weighted by Gasteiger charge is -1.99. The molecule has 0 spiro atoms. The Kier molecular flexibility index (Phi) is 5.36. The van der Waals surface area contributed by atoms with Gasteiger partial charge in [0.25, 0.3) is 10.1 Å². The molecule has 0 aromatic carbocycles. The van der Waals surface area contributed by atoms with Crippen LogP contribution in [-0.4, -0.2) is 23.5 Å². The molecule has 0 heterocycles. The van der Waals surface area contributed by atoms with Crippen molar-refractivity contribution in [3.05, 3.63) is 0 Å². The average Bonchev–Trinajstić information content (AvgIpc) is 1.62. The summed E-state index contributed by atoms with van der Waals surface area (Å²) in [5.41, 5.74) is -1.62. The Morgan fingerprint density at radius 3 is 1.89 bits per heavy atom. The second-order valence-corrected chi connectivity index (χ2v) is 2.95. The molecule has 0 saturated carbocycles. The van der Waals surface area contributed by atoms with Crippen LogP contribution in [0.15, 0.2) is 0 Å². The predicted octanol–water partition coefficient (Wildman–Crippen LogP) is 0.0244. The van der Waals surface area contributed by atoms with E-state index >= 15 is 0 Å². The van der Waals surface area contributed by atoms with Gasteiger partial charge >= 0.3 is 0 Å². The van der Waals surface area contributed by atoms with E-state index in [1.807, 2.05) is 0 Å². The fourth-order valence-corrected chi connectivity index (χ4v) is 0.632. The molecule has 0 aliphatic heterocycles. The minimum Gasteiger partial charge on any atom is -0.375 e. The maximum Gasteiger partial charge on any atom is 0.291 e. The summed E-state index contributed by atoms with van der Waals surface area (Å²) >= 11 is 0. The lowest BCUT2D eigenvalue weighted by molar-refractivity contribution is 0.229. The molecule has 0 aliphatic carbocycles. The number of hydrogen-bond acceptors (Lipinski definition) is 3. The Hall–Kier alpha value is 0.160. The number of hydrogen-bond donors (Lipinski definition) is 2. The van der Waals surface area contributed by atoms with Gasteiger partial charge in [-0.2, -0.15) is 8.42 Å². The van der Waals surface area contributed by atoms with Gasteiger partial charge in [0.15, 0.2) is 5.44 Å². The molecular weight excluding hydrogens is 168 g/mol. The molecule has 0 fully saturated rings. The number of aliphatic hydroxyl groups excluding tert-OH is 1. The summed E-state index contributed by atoms with van der Waals surface area (Å²) in [4.78, 5) is 0. The zero-order chi connectivity index (χ0) is 6.78. The van der Waals surface area contributed by atoms with E-state index in [0.717, 1.165) is 0 Å². The van der Waals surface area contributed by atoms with E-state index in [2.05, 4.69) is 0 Å². The zero-order valence-electron chi connectivity index (χ0n) is 4.81. The van der Waals surface area contributed by atoms with Crippen molar-refractivity contribution < 1.29 is 18.1 Å². The quantitative estimate of drug-likeness (QED) is 0.582. The Labute approximate surface area is 60.0 Å². The molecule has 4 nitrogen and oxygen atoms in total. The summed E-state index contributed by atoms with van der Waals surface area (Å²) in [5.74, 6) is 0. The number of rotatable bonds is 2. The monoisotopic (exact) mass is 176 g/mol. The number of aliphatic hydroxyl groups is 1. The molecule has 0 radical (unpaired) electrons. The van der Waals surface area contributed by atoms with Gasteiger partial charge in [-0.05, 0) is 6.42 Å². The van der Waals surface area contributed by atoms with Crippen LogP contribution < -0.4 is 0 Å². The summed E-state index contributed by atoms with van der Waals surface area (Å²) in [6.07, 6.45) is 0.0127. The molecule has 2 N–H and O–H groups in total. The van der Waals surface area contributed by atoms with E-state index in [1.54, 1.807) is 0 Å². The summed E-state index contributed by atoms with van der Waals surface area (Å²) in [6, 6.07) is 0. The number of halogens is 1. The van der Waals surface area contributed by atoms with Crippen molar-refractivity contribution in [3.63, 3.8) is 0 Å². The minimum absolute atomic E-state index is 0. The van der Waals surface area contributed by atoms with Crippen molar-refractivity contribution >= 4 is 22.5 Å². The first-order valence-electron chi connectivity index (χ1n) is 2.13. The molecule has 9 heavy (non-hydrogen) atoms. The molecule has 0 amide bonds. The van der Waals surface area contributed by atoms with E-state index < -0.39 is 15.6 Å². The third-order valence-electron chi connectivity index (χ3n) is 0.693. The average molecular weight is 177 g/mol. The van der Waals surface area contributed by atoms with E-state index in [1.165, 1.54) is 6.92 Å². The highest BCUT2D eigenvalue weighted by atomic mass is 35.5. The van der Waals surface area contributed by atoms with Gasteiger partial charge in [-0.3, -0.25) is 4.55 Å². The first kappa shape index (κ1) is 11.9. The lowest BCUT2D eigenvalue weighted by atomic mass is 10.5. The molecule has 58 valence electrons. The highest BCUT2D eigenvalue weighted by Crippen LogP contribution is 1.96. The van der Waals surface area contributed by atoms with E-state index in [-0.39, 0.29) is 18.8 Å². The maximum absolute atomic E-state index is 9.87. The first-order chi connectivity index (χ1) is 3.48. The van der Waals surface area contributed by atoms with E-state index in [4.69, 9.17) is 9.66 Å². The van der Waals surface area contributed by atoms with Gasteiger partial charge in [0.05, 0.1) is 0 Å². The molecule has 0 aromatic heterocycles. The molecule has 0 bridgehead atoms. The summed E-state index contributed by atoms with van der Waals surface area (Å²) in [5, 5.41) is 8.36. The second-order valence-electron chi connectivity index (χ2n) is 1.38. The second kappa shape index (κ2) is 4.05. The van der Waals surface area contributed by atoms with Gasteiger partial charge in [0.1, 0.15) is 0 Å². The Morgan fingerprint density at radius 2 is 1.89 bits per heavy atom. The van der Waals surface area contributed by atoms with Crippen molar-refractivity contribution in [1.82, 2.24) is 0 Å². The van der Waals surface area contributed by atoms with Gasteiger partial charge in [0.2, 0.25) is 0 Å². The molecule has 6 heteroatoms. The van der Waals surface area contributed by atoms with Gasteiger partial charge in [-0.15, -0.1) is 12.4 Å². The Balaban J connectivity index is 0. The van der Waals surface area contributed by atoms with Crippen LogP contribution >= 0.6 is 12.4 Å². The summed E-state index contributed by atoms with van der Waals surface area (Å²) < 4.78 is 27.7. The molecule has 1 unspecified atom stereocenters. The third-order valence-corrected chi connectivity index (χ3v) is 1.71. The lowest BCUT2D eigenvalue weighted by Crippen LogP contribution is -2.17. The molecule has 0 rings (SSSR count). The SMILES string of the molecule is CCC(O)S(=O)(=O)O.Cl. The van der Waals surface area contributed by atoms with Crippen LogP contribution in [0.5, 0.6) is 0 Å². The summed E-state index contributed by atoms with van der Waals surface area (Å²) in [6.45, 7) is 1.46. The predicted molar refractivity (Wildman–Crippen MR) is 35.1 cm³/mol. The van der Waals surface area contributed by atoms with E-state index in [0.29, 0.717) is 0 Å². The van der Waals surface area contributed by atoms with E-state index in [9.17, 15) is 8.42 Å². The molecule has 0 aliphatic rings. The fourth-order valence-electron chi connectivity index (χ4n) is 0.211. The van der Waals surface area contributed by atoms with Gasteiger partial charge in [-0.25, -0.2) is 0 Å². The van der Waals surface area contributed by atoms with Crippen LogP contribution in [0.25, 0.3) is 0 Å². The normalized spacial score (nSPS) is 14.1. The van der Waals surface area contributed by atoms with Crippen LogP contribution in [0.4, 0.5) is 0 Å². The fraction of sp³-hybridized carbons (Fsp3) is 1.00. The van der Waals surface area contributed by atoms with Crippen LogP contribution in [0, 0.1) is 0 Å². The molecule has 1 atom stereocenters.